The van der Waals surface area contributed by atoms with E-state index in [0.29, 0.717) is 0 Å². The van der Waals surface area contributed by atoms with Gasteiger partial charge in [-0.2, -0.15) is 0 Å². The molecule has 1 rings (SSSR count). The van der Waals surface area contributed by atoms with E-state index >= 15 is 0 Å². The molecule has 0 aromatic heterocycles. The highest BCUT2D eigenvalue weighted by Gasteiger charge is 1.93. The van der Waals surface area contributed by atoms with E-state index in [9.17, 15) is 4.79 Å². The second-order valence-corrected chi connectivity index (χ2v) is 2.55. The van der Waals surface area contributed by atoms with Crippen LogP contribution in [0.4, 0.5) is 5.69 Å². The summed E-state index contributed by atoms with van der Waals surface area (Å²) in [4.78, 5) is 10.6. The minimum atomic E-state index is -0.0319. The third kappa shape index (κ3) is 5.00. The number of carbonyl (C=O) groups excluding carboxylic acids is 1. The van der Waals surface area contributed by atoms with Crippen LogP contribution in [0.15, 0.2) is 24.3 Å². The molecule has 4 nitrogen and oxygen atoms in total. The van der Waals surface area contributed by atoms with Gasteiger partial charge in [0.25, 0.3) is 0 Å². The lowest BCUT2D eigenvalue weighted by Crippen LogP contribution is -2.09. The highest BCUT2D eigenvalue weighted by molar-refractivity contribution is 6.32. The molecule has 0 aliphatic heterocycles. The lowest BCUT2D eigenvalue weighted by molar-refractivity contribution is -0.114. The van der Waals surface area contributed by atoms with Crippen molar-refractivity contribution in [3.8, 4) is 0 Å². The SMILES string of the molecule is Bc1cccc(NC(C)=O)c1.O.O. The zero-order chi connectivity index (χ0) is 8.27. The first-order valence-electron chi connectivity index (χ1n) is 3.53. The molecule has 72 valence electrons. The first kappa shape index (κ1) is 14.2. The molecule has 1 aromatic carbocycles. The van der Waals surface area contributed by atoms with Gasteiger partial charge in [-0.3, -0.25) is 4.79 Å². The molecule has 5 N–H and O–H groups in total. The Morgan fingerprint density at radius 3 is 2.46 bits per heavy atom. The van der Waals surface area contributed by atoms with Gasteiger partial charge in [-0.15, -0.1) is 0 Å². The monoisotopic (exact) mass is 183 g/mol. The van der Waals surface area contributed by atoms with E-state index < -0.39 is 0 Å². The van der Waals surface area contributed by atoms with E-state index in [-0.39, 0.29) is 16.9 Å². The third-order valence-electron chi connectivity index (χ3n) is 1.34. The standard InChI is InChI=1S/C8H10BNO.2H2O/c1-6(11)10-8-4-2-3-7(9)5-8;;/h2-5H,9H2,1H3,(H,10,11);2*1H2. The molecule has 1 amide bonds. The van der Waals surface area contributed by atoms with E-state index in [4.69, 9.17) is 0 Å². The molecule has 0 radical (unpaired) electrons. The van der Waals surface area contributed by atoms with Crippen molar-refractivity contribution in [3.05, 3.63) is 24.3 Å². The summed E-state index contributed by atoms with van der Waals surface area (Å²) in [5.41, 5.74) is 2.01. The fourth-order valence-corrected chi connectivity index (χ4v) is 0.926. The molecule has 0 aliphatic rings. The summed E-state index contributed by atoms with van der Waals surface area (Å²) in [7, 11) is 1.99. The number of nitrogens with one attached hydrogen (secondary N) is 1. The molecular formula is C8H14BNO3. The summed E-state index contributed by atoms with van der Waals surface area (Å²) in [5, 5.41) is 2.71. The van der Waals surface area contributed by atoms with Crippen molar-refractivity contribution in [3.63, 3.8) is 0 Å². The van der Waals surface area contributed by atoms with E-state index in [1.165, 1.54) is 6.92 Å². The quantitative estimate of drug-likeness (QED) is 0.514. The smallest absolute Gasteiger partial charge is 0.221 e. The van der Waals surface area contributed by atoms with E-state index in [1.54, 1.807) is 0 Å². The average molecular weight is 183 g/mol. The topological polar surface area (TPSA) is 92.1 Å². The van der Waals surface area contributed by atoms with Gasteiger partial charge in [-0.1, -0.05) is 17.6 Å². The molecule has 0 aliphatic carbocycles. The summed E-state index contributed by atoms with van der Waals surface area (Å²) < 4.78 is 0. The largest absolute Gasteiger partial charge is 0.412 e. The molecule has 0 saturated carbocycles. The van der Waals surface area contributed by atoms with Gasteiger partial charge < -0.3 is 16.3 Å². The predicted octanol–water partition coefficient (Wildman–Crippen LogP) is -1.75. The highest BCUT2D eigenvalue weighted by atomic mass is 16.1. The molecule has 0 heterocycles. The van der Waals surface area contributed by atoms with Crippen molar-refractivity contribution in [1.29, 1.82) is 0 Å². The van der Waals surface area contributed by atoms with E-state index in [1.807, 2.05) is 32.1 Å². The minimum absolute atomic E-state index is 0. The molecule has 0 atom stereocenters. The van der Waals surface area contributed by atoms with Crippen LogP contribution in [0.3, 0.4) is 0 Å². The first-order chi connectivity index (χ1) is 5.18. The Hall–Kier alpha value is -1.33. The Labute approximate surface area is 78.0 Å². The molecule has 0 spiro atoms. The van der Waals surface area contributed by atoms with Crippen LogP contribution in [-0.4, -0.2) is 24.7 Å². The maximum atomic E-state index is 10.6. The maximum absolute atomic E-state index is 10.6. The Kier molecular flexibility index (Phi) is 6.80. The van der Waals surface area contributed by atoms with Crippen LogP contribution in [-0.2, 0) is 4.79 Å². The van der Waals surface area contributed by atoms with Crippen LogP contribution in [0.5, 0.6) is 0 Å². The number of carbonyl (C=O) groups is 1. The zero-order valence-electron chi connectivity index (χ0n) is 7.72. The average Bonchev–Trinajstić information content (AvgIpc) is 1.85. The number of benzene rings is 1. The van der Waals surface area contributed by atoms with Crippen molar-refractivity contribution in [2.75, 3.05) is 5.32 Å². The Morgan fingerprint density at radius 1 is 1.38 bits per heavy atom. The normalized spacial score (nSPS) is 7.77. The van der Waals surface area contributed by atoms with Gasteiger partial charge in [0.2, 0.25) is 5.91 Å². The van der Waals surface area contributed by atoms with Crippen LogP contribution in [0, 0.1) is 0 Å². The summed E-state index contributed by atoms with van der Waals surface area (Å²) in [6.45, 7) is 1.50. The molecule has 0 fully saturated rings. The van der Waals surface area contributed by atoms with E-state index in [2.05, 4.69) is 5.32 Å². The van der Waals surface area contributed by atoms with Crippen LogP contribution >= 0.6 is 0 Å². The number of amides is 1. The molecule has 0 saturated heterocycles. The number of hydrogen-bond acceptors (Lipinski definition) is 1. The van der Waals surface area contributed by atoms with Crippen molar-refractivity contribution >= 4 is 24.9 Å². The summed E-state index contributed by atoms with van der Waals surface area (Å²) in [5.74, 6) is -0.0319. The lowest BCUT2D eigenvalue weighted by atomic mass is 9.96. The molecule has 13 heavy (non-hydrogen) atoms. The van der Waals surface area contributed by atoms with Crippen molar-refractivity contribution in [1.82, 2.24) is 0 Å². The lowest BCUT2D eigenvalue weighted by Gasteiger charge is -2.01. The molecule has 0 unspecified atom stereocenters. The number of rotatable bonds is 1. The van der Waals surface area contributed by atoms with Crippen molar-refractivity contribution < 1.29 is 15.7 Å². The zero-order valence-corrected chi connectivity index (χ0v) is 7.72. The van der Waals surface area contributed by atoms with Crippen molar-refractivity contribution in [2.45, 2.75) is 6.92 Å². The second kappa shape index (κ2) is 6.22. The molecule has 0 bridgehead atoms. The van der Waals surface area contributed by atoms with Crippen LogP contribution < -0.4 is 10.8 Å². The van der Waals surface area contributed by atoms with Gasteiger partial charge in [-0.05, 0) is 12.1 Å². The van der Waals surface area contributed by atoms with Gasteiger partial charge >= 0.3 is 0 Å². The van der Waals surface area contributed by atoms with Gasteiger partial charge in [0.15, 0.2) is 0 Å². The third-order valence-corrected chi connectivity index (χ3v) is 1.34. The van der Waals surface area contributed by atoms with Crippen LogP contribution in [0.25, 0.3) is 0 Å². The van der Waals surface area contributed by atoms with Gasteiger partial charge in [0, 0.05) is 12.6 Å². The second-order valence-electron chi connectivity index (χ2n) is 2.55. The number of hydrogen-bond donors (Lipinski definition) is 1. The van der Waals surface area contributed by atoms with Crippen molar-refractivity contribution in [2.24, 2.45) is 0 Å². The van der Waals surface area contributed by atoms with E-state index in [0.717, 1.165) is 11.2 Å². The fraction of sp³-hybridized carbons (Fsp3) is 0.125. The maximum Gasteiger partial charge on any atom is 0.221 e. The van der Waals surface area contributed by atoms with Gasteiger partial charge in [-0.25, -0.2) is 0 Å². The van der Waals surface area contributed by atoms with Gasteiger partial charge in [0.1, 0.15) is 7.85 Å². The predicted molar refractivity (Wildman–Crippen MR) is 56.2 cm³/mol. The highest BCUT2D eigenvalue weighted by Crippen LogP contribution is 2.01. The molecule has 5 heteroatoms. The minimum Gasteiger partial charge on any atom is -0.412 e. The molecular weight excluding hydrogens is 169 g/mol. The Balaban J connectivity index is 0. The Bertz CT molecular complexity index is 278. The fourth-order valence-electron chi connectivity index (χ4n) is 0.926. The Morgan fingerprint density at radius 2 is 2.00 bits per heavy atom. The van der Waals surface area contributed by atoms with Crippen LogP contribution in [0.1, 0.15) is 6.92 Å². The molecule has 1 aromatic rings. The van der Waals surface area contributed by atoms with Gasteiger partial charge in [0.05, 0.1) is 0 Å². The summed E-state index contributed by atoms with van der Waals surface area (Å²) in [6, 6.07) is 7.71. The first-order valence-corrected chi connectivity index (χ1v) is 3.53. The summed E-state index contributed by atoms with van der Waals surface area (Å²) >= 11 is 0. The van der Waals surface area contributed by atoms with Crippen LogP contribution in [0.2, 0.25) is 0 Å². The number of anilines is 1. The summed E-state index contributed by atoms with van der Waals surface area (Å²) in [6.07, 6.45) is 0.